The van der Waals surface area contributed by atoms with E-state index in [4.69, 9.17) is 10.4 Å². The molecule has 146 valence electrons. The van der Waals surface area contributed by atoms with Crippen molar-refractivity contribution in [3.8, 4) is 0 Å². The first-order valence-corrected chi connectivity index (χ1v) is 10.2. The van der Waals surface area contributed by atoms with Crippen molar-refractivity contribution in [2.75, 3.05) is 0 Å². The van der Waals surface area contributed by atoms with Gasteiger partial charge in [-0.25, -0.2) is 4.98 Å². The minimum atomic E-state index is 0.676. The normalized spacial score (nSPS) is 12.8. The van der Waals surface area contributed by atoms with Crippen LogP contribution in [-0.4, -0.2) is 22.0 Å². The van der Waals surface area contributed by atoms with Crippen molar-refractivity contribution in [1.29, 1.82) is 5.41 Å². The van der Waals surface area contributed by atoms with Gasteiger partial charge in [-0.15, -0.1) is 11.3 Å². The summed E-state index contributed by atoms with van der Waals surface area (Å²) in [5, 5.41) is 8.85. The van der Waals surface area contributed by atoms with E-state index < -0.39 is 0 Å². The van der Waals surface area contributed by atoms with Gasteiger partial charge in [0.25, 0.3) is 0 Å². The van der Waals surface area contributed by atoms with Gasteiger partial charge < -0.3 is 9.98 Å². The van der Waals surface area contributed by atoms with Gasteiger partial charge in [0, 0.05) is 42.9 Å². The minimum Gasteiger partial charge on any atom is -0.324 e. The quantitative estimate of drug-likeness (QED) is 0.380. The summed E-state index contributed by atoms with van der Waals surface area (Å²) in [5.74, 6) is 0. The second-order valence-electron chi connectivity index (χ2n) is 6.33. The Labute approximate surface area is 171 Å². The monoisotopic (exact) mass is 392 g/mol. The van der Waals surface area contributed by atoms with Crippen LogP contribution in [0.1, 0.15) is 36.5 Å². The number of aliphatic imine (C=N–C) groups is 1. The molecule has 0 bridgehead atoms. The molecule has 0 unspecified atom stereocenters. The summed E-state index contributed by atoms with van der Waals surface area (Å²) in [6.45, 7) is 14.8. The molecule has 2 rings (SSSR count). The Kier molecular flexibility index (Phi) is 8.08. The molecule has 0 aliphatic heterocycles. The maximum atomic E-state index is 7.86. The predicted octanol–water partition coefficient (Wildman–Crippen LogP) is 6.19. The zero-order chi connectivity index (χ0) is 20.5. The zero-order valence-electron chi connectivity index (χ0n) is 16.9. The van der Waals surface area contributed by atoms with E-state index >= 15 is 0 Å². The summed E-state index contributed by atoms with van der Waals surface area (Å²) in [5.41, 5.74) is 4.98. The lowest BCUT2D eigenvalue weighted by atomic mass is 10.2. The van der Waals surface area contributed by atoms with E-state index in [-0.39, 0.29) is 0 Å². The minimum absolute atomic E-state index is 0.676. The van der Waals surface area contributed by atoms with Crippen molar-refractivity contribution in [1.82, 2.24) is 9.55 Å². The summed E-state index contributed by atoms with van der Waals surface area (Å²) in [6.07, 6.45) is 16.6. The lowest BCUT2D eigenvalue weighted by Gasteiger charge is -2.08. The number of allylic oxidation sites excluding steroid dienone is 7. The first-order valence-electron chi connectivity index (χ1n) is 9.34. The fourth-order valence-electron chi connectivity index (χ4n) is 2.80. The third-order valence-electron chi connectivity index (χ3n) is 4.30. The Bertz CT molecular complexity index is 980. The van der Waals surface area contributed by atoms with Gasteiger partial charge in [0.1, 0.15) is 5.01 Å². The van der Waals surface area contributed by atoms with Crippen LogP contribution in [0.4, 0.5) is 0 Å². The molecule has 2 aromatic heterocycles. The summed E-state index contributed by atoms with van der Waals surface area (Å²) in [6, 6.07) is 0. The van der Waals surface area contributed by atoms with Crippen LogP contribution < -0.4 is 0 Å². The standard InChI is InChI=1S/C23H28N4S/c1-6-9-10-11-19(7-2)16-27-18(5)20(15-24)22-23(27)26-21(28-22)14-17(4)12-13-25-8-3/h7-13,15,24H,2,4,6,14,16H2,1,3,5H3/b10-9-,13-12-,19-11+,24-15?,25-8?. The predicted molar refractivity (Wildman–Crippen MR) is 124 cm³/mol. The van der Waals surface area contributed by atoms with Crippen LogP contribution >= 0.6 is 11.3 Å². The van der Waals surface area contributed by atoms with Crippen LogP contribution in [0.25, 0.3) is 10.3 Å². The number of nitrogens with one attached hydrogen (secondary N) is 1. The highest BCUT2D eigenvalue weighted by Crippen LogP contribution is 2.31. The Morgan fingerprint density at radius 2 is 2.18 bits per heavy atom. The summed E-state index contributed by atoms with van der Waals surface area (Å²) in [4.78, 5) is 8.93. The van der Waals surface area contributed by atoms with Gasteiger partial charge >= 0.3 is 0 Å². The van der Waals surface area contributed by atoms with Crippen LogP contribution in [0.2, 0.25) is 0 Å². The molecule has 2 heterocycles. The molecule has 0 aromatic carbocycles. The van der Waals surface area contributed by atoms with E-state index in [9.17, 15) is 0 Å². The molecular weight excluding hydrogens is 364 g/mol. The molecule has 0 amide bonds. The Morgan fingerprint density at radius 3 is 2.82 bits per heavy atom. The van der Waals surface area contributed by atoms with Crippen LogP contribution in [0.5, 0.6) is 0 Å². The highest BCUT2D eigenvalue weighted by molar-refractivity contribution is 7.19. The van der Waals surface area contributed by atoms with Gasteiger partial charge in [0.05, 0.1) is 4.70 Å². The summed E-state index contributed by atoms with van der Waals surface area (Å²) in [7, 11) is 0. The maximum Gasteiger partial charge on any atom is 0.152 e. The summed E-state index contributed by atoms with van der Waals surface area (Å²) >= 11 is 1.63. The zero-order valence-corrected chi connectivity index (χ0v) is 17.7. The fourth-order valence-corrected chi connectivity index (χ4v) is 3.99. The average molecular weight is 393 g/mol. The van der Waals surface area contributed by atoms with E-state index in [2.05, 4.69) is 47.9 Å². The molecule has 4 nitrogen and oxygen atoms in total. The molecule has 0 fully saturated rings. The molecule has 0 aliphatic carbocycles. The second kappa shape index (κ2) is 10.5. The third-order valence-corrected chi connectivity index (χ3v) is 5.38. The molecular formula is C23H28N4S. The number of hydrogen-bond acceptors (Lipinski definition) is 4. The van der Waals surface area contributed by atoms with Crippen LogP contribution in [0, 0.1) is 12.3 Å². The molecule has 2 aromatic rings. The Morgan fingerprint density at radius 1 is 1.39 bits per heavy atom. The van der Waals surface area contributed by atoms with Crippen molar-refractivity contribution >= 4 is 34.1 Å². The number of rotatable bonds is 10. The molecule has 0 atom stereocenters. The number of fused-ring (bicyclic) bond motifs is 1. The smallest absolute Gasteiger partial charge is 0.152 e. The fraction of sp³-hybridized carbons (Fsp3) is 0.261. The van der Waals surface area contributed by atoms with Crippen molar-refractivity contribution in [3.05, 3.63) is 77.1 Å². The highest BCUT2D eigenvalue weighted by Gasteiger charge is 2.18. The van der Waals surface area contributed by atoms with Crippen LogP contribution in [0.15, 0.2) is 65.9 Å². The molecule has 28 heavy (non-hydrogen) atoms. The van der Waals surface area contributed by atoms with Gasteiger partial charge in [-0.3, -0.25) is 4.99 Å². The number of hydrogen-bond donors (Lipinski definition) is 1. The number of nitrogens with zero attached hydrogens (tertiary/aromatic N) is 3. The van der Waals surface area contributed by atoms with Crippen molar-refractivity contribution in [3.63, 3.8) is 0 Å². The SMILES string of the molecule is C=C/C(=C\C=C/CC)Cn1c(C)c(C=N)c2sc(CC(=C)/C=C\N=CC)nc21. The number of thiazole rings is 1. The Hall–Kier alpha value is -2.79. The van der Waals surface area contributed by atoms with E-state index in [0.717, 1.165) is 44.2 Å². The van der Waals surface area contributed by atoms with E-state index in [1.54, 1.807) is 23.8 Å². The van der Waals surface area contributed by atoms with Gasteiger partial charge in [-0.05, 0) is 37.5 Å². The molecule has 0 aliphatic rings. The van der Waals surface area contributed by atoms with Gasteiger partial charge in [0.2, 0.25) is 0 Å². The summed E-state index contributed by atoms with van der Waals surface area (Å²) < 4.78 is 3.22. The van der Waals surface area contributed by atoms with Gasteiger partial charge in [0.15, 0.2) is 5.65 Å². The van der Waals surface area contributed by atoms with Crippen molar-refractivity contribution in [2.24, 2.45) is 4.99 Å². The lowest BCUT2D eigenvalue weighted by molar-refractivity contribution is 0.792. The van der Waals surface area contributed by atoms with Gasteiger partial charge in [-0.2, -0.15) is 0 Å². The third kappa shape index (κ3) is 5.14. The first-order chi connectivity index (χ1) is 13.5. The average Bonchev–Trinajstić information content (AvgIpc) is 3.17. The maximum absolute atomic E-state index is 7.86. The molecule has 1 N–H and O–H groups in total. The molecule has 0 spiro atoms. The van der Waals surface area contributed by atoms with Crippen LogP contribution in [0.3, 0.4) is 0 Å². The largest absolute Gasteiger partial charge is 0.324 e. The number of aromatic nitrogens is 2. The lowest BCUT2D eigenvalue weighted by Crippen LogP contribution is -2.03. The van der Waals surface area contributed by atoms with E-state index in [1.807, 2.05) is 26.0 Å². The van der Waals surface area contributed by atoms with Crippen molar-refractivity contribution in [2.45, 2.75) is 40.2 Å². The second-order valence-corrected chi connectivity index (χ2v) is 7.41. The molecule has 0 saturated heterocycles. The molecule has 5 heteroatoms. The van der Waals surface area contributed by atoms with Gasteiger partial charge in [-0.1, -0.05) is 44.4 Å². The topological polar surface area (TPSA) is 54.0 Å². The van der Waals surface area contributed by atoms with Crippen molar-refractivity contribution < 1.29 is 0 Å². The van der Waals surface area contributed by atoms with E-state index in [0.29, 0.717) is 13.0 Å². The molecule has 0 saturated carbocycles. The van der Waals surface area contributed by atoms with Crippen LogP contribution in [-0.2, 0) is 13.0 Å². The highest BCUT2D eigenvalue weighted by atomic mass is 32.1. The van der Waals surface area contributed by atoms with E-state index in [1.165, 1.54) is 6.21 Å². The Balaban J connectivity index is 2.39. The first kappa shape index (κ1) is 21.5. The molecule has 0 radical (unpaired) electrons.